The van der Waals surface area contributed by atoms with E-state index in [4.69, 9.17) is 32.4 Å². The van der Waals surface area contributed by atoms with Gasteiger partial charge in [-0.3, -0.25) is 0 Å². The third kappa shape index (κ3) is 6.23. The number of halogens is 6. The molecule has 186 valence electrons. The van der Waals surface area contributed by atoms with Crippen LogP contribution in [0.1, 0.15) is 11.5 Å². The molecular weight excluding hydrogens is 527 g/mol. The minimum absolute atomic E-state index is 0.0326. The third-order valence-corrected chi connectivity index (χ3v) is 5.21. The van der Waals surface area contributed by atoms with Crippen LogP contribution in [0.4, 0.5) is 33.7 Å². The molecular formula is C23H14Cl2F4N4O3. The molecule has 4 rings (SSSR count). The zero-order valence-electron chi connectivity index (χ0n) is 17.9. The first-order valence-corrected chi connectivity index (χ1v) is 10.8. The first-order valence-electron chi connectivity index (χ1n) is 10.0. The van der Waals surface area contributed by atoms with Crippen LogP contribution in [0, 0.1) is 5.82 Å². The van der Waals surface area contributed by atoms with E-state index in [9.17, 15) is 22.4 Å². The lowest BCUT2D eigenvalue weighted by atomic mass is 10.2. The average molecular weight is 541 g/mol. The van der Waals surface area contributed by atoms with Crippen molar-refractivity contribution in [1.82, 2.24) is 10.2 Å². The van der Waals surface area contributed by atoms with E-state index in [0.717, 1.165) is 12.1 Å². The zero-order chi connectivity index (χ0) is 25.9. The highest BCUT2D eigenvalue weighted by Gasteiger charge is 2.33. The Morgan fingerprint density at radius 1 is 0.944 bits per heavy atom. The minimum Gasteiger partial charge on any atom is -0.481 e. The van der Waals surface area contributed by atoms with Crippen LogP contribution >= 0.6 is 23.2 Å². The Morgan fingerprint density at radius 2 is 1.61 bits per heavy atom. The normalized spacial score (nSPS) is 11.3. The lowest BCUT2D eigenvalue weighted by Gasteiger charge is -2.13. The number of urea groups is 1. The maximum atomic E-state index is 14.5. The molecule has 1 heterocycles. The van der Waals surface area contributed by atoms with Gasteiger partial charge in [0.05, 0.1) is 10.6 Å². The standard InChI is InChI=1S/C23H14Cl2F4N4O3/c24-13-3-1-12(2-4-13)21-33-32-20(36-21)11-35-19-8-6-15(10-18(19)26)31-22(34)30-14-5-7-17(25)16(9-14)23(27,28)29/h1-10H,11H2,(H2,30,31,34). The molecule has 0 aliphatic carbocycles. The molecule has 2 N–H and O–H groups in total. The van der Waals surface area contributed by atoms with Gasteiger partial charge in [-0.2, -0.15) is 13.2 Å². The van der Waals surface area contributed by atoms with Gasteiger partial charge in [0.1, 0.15) is 0 Å². The quantitative estimate of drug-likeness (QED) is 0.248. The predicted molar refractivity (Wildman–Crippen MR) is 125 cm³/mol. The van der Waals surface area contributed by atoms with Crippen molar-refractivity contribution in [3.8, 4) is 17.2 Å². The molecule has 0 aliphatic rings. The molecule has 0 spiro atoms. The van der Waals surface area contributed by atoms with Gasteiger partial charge < -0.3 is 19.8 Å². The number of nitrogens with zero attached hydrogens (tertiary/aromatic N) is 2. The summed E-state index contributed by atoms with van der Waals surface area (Å²) >= 11 is 11.4. The topological polar surface area (TPSA) is 89.3 Å². The number of hydrogen-bond donors (Lipinski definition) is 2. The SMILES string of the molecule is O=C(Nc1ccc(OCc2nnc(-c3ccc(Cl)cc3)o2)c(F)c1)Nc1ccc(Cl)c(C(F)(F)F)c1. The number of anilines is 2. The number of aromatic nitrogens is 2. The number of carbonyl (C=O) groups is 1. The largest absolute Gasteiger partial charge is 0.481 e. The molecule has 3 aromatic carbocycles. The lowest BCUT2D eigenvalue weighted by Crippen LogP contribution is -2.20. The maximum Gasteiger partial charge on any atom is 0.417 e. The molecule has 0 saturated heterocycles. The van der Waals surface area contributed by atoms with Crippen molar-refractivity contribution in [3.63, 3.8) is 0 Å². The molecule has 0 aliphatic heterocycles. The molecule has 0 fully saturated rings. The van der Waals surface area contributed by atoms with E-state index in [-0.39, 0.29) is 35.5 Å². The van der Waals surface area contributed by atoms with Crippen molar-refractivity contribution in [1.29, 1.82) is 0 Å². The van der Waals surface area contributed by atoms with Crippen molar-refractivity contribution in [2.24, 2.45) is 0 Å². The number of benzene rings is 3. The number of carbonyl (C=O) groups excluding carboxylic acids is 1. The Bertz CT molecular complexity index is 1400. The van der Waals surface area contributed by atoms with Crippen LogP contribution in [0.15, 0.2) is 65.1 Å². The van der Waals surface area contributed by atoms with E-state index in [1.54, 1.807) is 24.3 Å². The van der Waals surface area contributed by atoms with E-state index in [0.29, 0.717) is 16.7 Å². The van der Waals surface area contributed by atoms with Crippen molar-refractivity contribution < 1.29 is 31.5 Å². The van der Waals surface area contributed by atoms with Crippen molar-refractivity contribution in [2.45, 2.75) is 12.8 Å². The Hall–Kier alpha value is -3.83. The van der Waals surface area contributed by atoms with Crippen LogP contribution in [0.5, 0.6) is 5.75 Å². The van der Waals surface area contributed by atoms with Gasteiger partial charge in [0.2, 0.25) is 5.89 Å². The number of rotatable bonds is 6. The molecule has 0 unspecified atom stereocenters. The lowest BCUT2D eigenvalue weighted by molar-refractivity contribution is -0.137. The molecule has 36 heavy (non-hydrogen) atoms. The highest BCUT2D eigenvalue weighted by Crippen LogP contribution is 2.36. The van der Waals surface area contributed by atoms with E-state index < -0.39 is 28.6 Å². The Kier molecular flexibility index (Phi) is 7.32. The molecule has 13 heteroatoms. The van der Waals surface area contributed by atoms with Gasteiger partial charge >= 0.3 is 12.2 Å². The van der Waals surface area contributed by atoms with Gasteiger partial charge in [-0.15, -0.1) is 10.2 Å². The molecule has 1 aromatic heterocycles. The molecule has 0 bridgehead atoms. The second-order valence-electron chi connectivity index (χ2n) is 7.21. The summed E-state index contributed by atoms with van der Waals surface area (Å²) in [6, 6.07) is 12.3. The summed E-state index contributed by atoms with van der Waals surface area (Å²) < 4.78 is 64.2. The van der Waals surface area contributed by atoms with Gasteiger partial charge in [0.15, 0.2) is 18.2 Å². The van der Waals surface area contributed by atoms with E-state index >= 15 is 0 Å². The number of alkyl halides is 3. The predicted octanol–water partition coefficient (Wildman–Crippen LogP) is 7.42. The summed E-state index contributed by atoms with van der Waals surface area (Å²) in [6.45, 7) is -0.219. The fraction of sp³-hybridized carbons (Fsp3) is 0.0870. The number of amides is 2. The van der Waals surface area contributed by atoms with Crippen LogP contribution in [0.25, 0.3) is 11.5 Å². The second-order valence-corrected chi connectivity index (χ2v) is 8.06. The number of nitrogens with one attached hydrogen (secondary N) is 2. The minimum atomic E-state index is -4.69. The second kappa shape index (κ2) is 10.4. The molecule has 7 nitrogen and oxygen atoms in total. The van der Waals surface area contributed by atoms with Crippen molar-refractivity contribution in [3.05, 3.63) is 88.0 Å². The summed E-state index contributed by atoms with van der Waals surface area (Å²) in [6.07, 6.45) is -4.69. The van der Waals surface area contributed by atoms with Gasteiger partial charge in [-0.1, -0.05) is 23.2 Å². The fourth-order valence-corrected chi connectivity index (χ4v) is 3.32. The van der Waals surface area contributed by atoms with Gasteiger partial charge in [-0.25, -0.2) is 9.18 Å². The van der Waals surface area contributed by atoms with Crippen molar-refractivity contribution in [2.75, 3.05) is 10.6 Å². The van der Waals surface area contributed by atoms with Gasteiger partial charge in [0.25, 0.3) is 5.89 Å². The van der Waals surface area contributed by atoms with E-state index in [2.05, 4.69) is 20.8 Å². The fourth-order valence-electron chi connectivity index (χ4n) is 2.97. The number of hydrogen-bond acceptors (Lipinski definition) is 5. The summed E-state index contributed by atoms with van der Waals surface area (Å²) in [7, 11) is 0. The maximum absolute atomic E-state index is 14.5. The molecule has 0 atom stereocenters. The Labute approximate surface area is 211 Å². The first kappa shape index (κ1) is 25.3. The molecule has 0 saturated carbocycles. The number of ether oxygens (including phenoxy) is 1. The van der Waals surface area contributed by atoms with Crippen molar-refractivity contribution >= 4 is 40.6 Å². The highest BCUT2D eigenvalue weighted by molar-refractivity contribution is 6.31. The molecule has 0 radical (unpaired) electrons. The summed E-state index contributed by atoms with van der Waals surface area (Å²) in [4.78, 5) is 12.1. The first-order chi connectivity index (χ1) is 17.1. The van der Waals surface area contributed by atoms with Gasteiger partial charge in [0, 0.05) is 28.0 Å². The third-order valence-electron chi connectivity index (χ3n) is 4.63. The monoisotopic (exact) mass is 540 g/mol. The highest BCUT2D eigenvalue weighted by atomic mass is 35.5. The van der Waals surface area contributed by atoms with Crippen LogP contribution < -0.4 is 15.4 Å². The van der Waals surface area contributed by atoms with Crippen LogP contribution in [-0.2, 0) is 12.8 Å². The smallest absolute Gasteiger partial charge is 0.417 e. The Morgan fingerprint density at radius 3 is 2.28 bits per heavy atom. The van der Waals surface area contributed by atoms with Crippen LogP contribution in [0.3, 0.4) is 0 Å². The molecule has 2 amide bonds. The Balaban J connectivity index is 1.35. The zero-order valence-corrected chi connectivity index (χ0v) is 19.4. The molecule has 4 aromatic rings. The summed E-state index contributed by atoms with van der Waals surface area (Å²) in [5.74, 6) is -0.628. The van der Waals surface area contributed by atoms with Crippen LogP contribution in [0.2, 0.25) is 10.0 Å². The van der Waals surface area contributed by atoms with E-state index in [1.165, 1.54) is 18.2 Å². The van der Waals surface area contributed by atoms with Crippen LogP contribution in [-0.4, -0.2) is 16.2 Å². The summed E-state index contributed by atoms with van der Waals surface area (Å²) in [5, 5.41) is 12.3. The summed E-state index contributed by atoms with van der Waals surface area (Å²) in [5.41, 5.74) is -0.574. The average Bonchev–Trinajstić information content (AvgIpc) is 3.28. The van der Waals surface area contributed by atoms with Gasteiger partial charge in [-0.05, 0) is 54.6 Å². The van der Waals surface area contributed by atoms with E-state index in [1.807, 2.05) is 0 Å².